The van der Waals surface area contributed by atoms with Gasteiger partial charge >= 0.3 is 0 Å². The first-order valence-electron chi connectivity index (χ1n) is 12.5. The molecule has 15 atom stereocenters. The SMILES string of the molecule is NCC1CCC(N)[C@H](OC2C(O)[C@H](O[C@@H]3OC(CO)[C@H](O)[C@H](N)C3O)[C@H](NC(=O)[C@@H](O)CN)C(O)[C@@H]2N)O1. The summed E-state index contributed by atoms with van der Waals surface area (Å²) in [5, 5.41) is 64.8. The Hall–Kier alpha value is -1.13. The summed E-state index contributed by atoms with van der Waals surface area (Å²) in [6.45, 7) is -0.905. The number of hydrogen-bond acceptors (Lipinski definition) is 16. The minimum Gasteiger partial charge on any atom is -0.394 e. The van der Waals surface area contributed by atoms with E-state index in [1.165, 1.54) is 0 Å². The van der Waals surface area contributed by atoms with Crippen LogP contribution in [0.1, 0.15) is 12.8 Å². The maximum Gasteiger partial charge on any atom is 0.250 e. The predicted octanol–water partition coefficient (Wildman–Crippen LogP) is -7.82. The highest BCUT2D eigenvalue weighted by Gasteiger charge is 2.54. The molecule has 0 radical (unpaired) electrons. The van der Waals surface area contributed by atoms with Crippen LogP contribution in [-0.4, -0.2) is 148 Å². The van der Waals surface area contributed by atoms with Gasteiger partial charge in [-0.1, -0.05) is 0 Å². The van der Waals surface area contributed by atoms with Crippen molar-refractivity contribution in [1.29, 1.82) is 0 Å². The van der Waals surface area contributed by atoms with Crippen LogP contribution in [0, 0.1) is 0 Å². The number of carbonyl (C=O) groups excluding carboxylic acids is 1. The second-order valence-corrected chi connectivity index (χ2v) is 9.93. The number of nitrogens with one attached hydrogen (secondary N) is 1. The summed E-state index contributed by atoms with van der Waals surface area (Å²) in [7, 11) is 0. The first-order valence-corrected chi connectivity index (χ1v) is 12.5. The van der Waals surface area contributed by atoms with E-state index in [0.717, 1.165) is 0 Å². The van der Waals surface area contributed by atoms with Crippen molar-refractivity contribution >= 4 is 5.91 Å². The molecule has 3 fully saturated rings. The molecule has 3 aliphatic rings. The van der Waals surface area contributed by atoms with Crippen LogP contribution in [0.4, 0.5) is 0 Å². The van der Waals surface area contributed by atoms with Crippen molar-refractivity contribution in [3.05, 3.63) is 0 Å². The minimum atomic E-state index is -1.69. The van der Waals surface area contributed by atoms with Crippen molar-refractivity contribution in [1.82, 2.24) is 5.32 Å². The van der Waals surface area contributed by atoms with E-state index in [4.69, 9.17) is 47.6 Å². The second-order valence-electron chi connectivity index (χ2n) is 9.93. The molecular weight excluding hydrogens is 512 g/mol. The van der Waals surface area contributed by atoms with Crippen molar-refractivity contribution in [3.63, 3.8) is 0 Å². The van der Waals surface area contributed by atoms with Gasteiger partial charge in [0.2, 0.25) is 0 Å². The number of rotatable bonds is 9. The van der Waals surface area contributed by atoms with Gasteiger partial charge < -0.3 is 83.6 Å². The molecule has 38 heavy (non-hydrogen) atoms. The van der Waals surface area contributed by atoms with Gasteiger partial charge in [-0.05, 0) is 12.8 Å². The molecule has 0 bridgehead atoms. The van der Waals surface area contributed by atoms with E-state index in [0.29, 0.717) is 12.8 Å². The Labute approximate surface area is 219 Å². The minimum absolute atomic E-state index is 0.201. The molecule has 1 saturated carbocycles. The molecule has 3 rings (SSSR count). The fourth-order valence-corrected chi connectivity index (χ4v) is 4.84. The first-order chi connectivity index (χ1) is 17.9. The standard InChI is InChI=1S/C21H42N6O11/c22-3-6-1-2-7(24)20(35-6)37-17-11(26)14(31)12(27-19(34)8(29)4-23)18(16(17)33)38-21-15(32)10(25)13(30)9(5-28)36-21/h6-18,20-21,28-33H,1-5,22-26H2,(H,27,34)/t6?,7?,8-,9?,10-,11-,12+,13-,14?,15?,16?,17?,18+,20-,21-/m0/s1. The highest BCUT2D eigenvalue weighted by Crippen LogP contribution is 2.31. The molecule has 2 saturated heterocycles. The zero-order valence-electron chi connectivity index (χ0n) is 20.8. The Kier molecular flexibility index (Phi) is 11.1. The molecule has 222 valence electrons. The van der Waals surface area contributed by atoms with E-state index < -0.39 is 105 Å². The van der Waals surface area contributed by atoms with Gasteiger partial charge in [-0.15, -0.1) is 0 Å². The van der Waals surface area contributed by atoms with E-state index in [2.05, 4.69) is 5.32 Å². The van der Waals surface area contributed by atoms with Crippen molar-refractivity contribution in [2.24, 2.45) is 28.7 Å². The van der Waals surface area contributed by atoms with Gasteiger partial charge in [-0.3, -0.25) is 4.79 Å². The van der Waals surface area contributed by atoms with Gasteiger partial charge in [-0.25, -0.2) is 0 Å². The van der Waals surface area contributed by atoms with E-state index in [1.807, 2.05) is 0 Å². The molecule has 1 aliphatic carbocycles. The predicted molar refractivity (Wildman–Crippen MR) is 127 cm³/mol. The average molecular weight is 555 g/mol. The number of hydrogen-bond donors (Lipinski definition) is 12. The maximum atomic E-state index is 12.4. The monoisotopic (exact) mass is 554 g/mol. The molecule has 0 aromatic carbocycles. The quantitative estimate of drug-likeness (QED) is 0.126. The smallest absolute Gasteiger partial charge is 0.250 e. The summed E-state index contributed by atoms with van der Waals surface area (Å²) in [5.41, 5.74) is 29.2. The van der Waals surface area contributed by atoms with E-state index in [9.17, 15) is 35.4 Å². The number of amides is 1. The lowest BCUT2D eigenvalue weighted by Gasteiger charge is -2.50. The fraction of sp³-hybridized carbons (Fsp3) is 0.952. The highest BCUT2D eigenvalue weighted by atomic mass is 16.7. The van der Waals surface area contributed by atoms with Gasteiger partial charge in [0, 0.05) is 13.1 Å². The van der Waals surface area contributed by atoms with Crippen LogP contribution >= 0.6 is 0 Å². The number of carbonyl (C=O) groups is 1. The zero-order chi connectivity index (χ0) is 28.3. The molecule has 17 N–H and O–H groups in total. The Morgan fingerprint density at radius 3 is 2.16 bits per heavy atom. The van der Waals surface area contributed by atoms with Crippen LogP contribution in [0.15, 0.2) is 0 Å². The Bertz CT molecular complexity index is 771. The van der Waals surface area contributed by atoms with Gasteiger partial charge in [0.05, 0.1) is 43.0 Å². The summed E-state index contributed by atoms with van der Waals surface area (Å²) in [5.74, 6) is -0.988. The van der Waals surface area contributed by atoms with E-state index >= 15 is 0 Å². The fourth-order valence-electron chi connectivity index (χ4n) is 4.84. The third-order valence-electron chi connectivity index (χ3n) is 7.28. The molecule has 2 aliphatic heterocycles. The Morgan fingerprint density at radius 2 is 1.55 bits per heavy atom. The van der Waals surface area contributed by atoms with Gasteiger partial charge in [0.1, 0.15) is 42.7 Å². The third-order valence-corrected chi connectivity index (χ3v) is 7.28. The molecule has 17 heteroatoms. The lowest BCUT2D eigenvalue weighted by molar-refractivity contribution is -0.319. The Balaban J connectivity index is 1.88. The topological polar surface area (TPSA) is 318 Å². The summed E-state index contributed by atoms with van der Waals surface area (Å²) in [6.07, 6.45) is -14.1. The summed E-state index contributed by atoms with van der Waals surface area (Å²) < 4.78 is 22.9. The lowest BCUT2D eigenvalue weighted by atomic mass is 9.81. The van der Waals surface area contributed by atoms with E-state index in [1.54, 1.807) is 0 Å². The van der Waals surface area contributed by atoms with Gasteiger partial charge in [-0.2, -0.15) is 0 Å². The normalized spacial score (nSPS) is 46.9. The number of aliphatic hydroxyl groups is 6. The van der Waals surface area contributed by atoms with Gasteiger partial charge in [0.25, 0.3) is 5.91 Å². The van der Waals surface area contributed by atoms with Crippen LogP contribution < -0.4 is 34.0 Å². The molecule has 17 nitrogen and oxygen atoms in total. The van der Waals surface area contributed by atoms with Crippen LogP contribution in [0.3, 0.4) is 0 Å². The van der Waals surface area contributed by atoms with Crippen molar-refractivity contribution in [2.75, 3.05) is 19.7 Å². The van der Waals surface area contributed by atoms with Gasteiger partial charge in [0.15, 0.2) is 12.6 Å². The molecule has 0 spiro atoms. The van der Waals surface area contributed by atoms with Crippen molar-refractivity contribution in [2.45, 2.75) is 105 Å². The van der Waals surface area contributed by atoms with Crippen LogP contribution in [-0.2, 0) is 23.7 Å². The zero-order valence-corrected chi connectivity index (χ0v) is 20.8. The van der Waals surface area contributed by atoms with Crippen LogP contribution in [0.25, 0.3) is 0 Å². The molecular formula is C21H42N6O11. The molecule has 2 heterocycles. The highest BCUT2D eigenvalue weighted by molar-refractivity contribution is 5.81. The van der Waals surface area contributed by atoms with Crippen molar-refractivity contribution in [3.8, 4) is 0 Å². The molecule has 0 aromatic rings. The number of nitrogens with two attached hydrogens (primary N) is 5. The number of aliphatic hydroxyl groups excluding tert-OH is 6. The maximum absolute atomic E-state index is 12.4. The Morgan fingerprint density at radius 1 is 0.895 bits per heavy atom. The first kappa shape index (κ1) is 31.4. The molecule has 0 aromatic heterocycles. The summed E-state index contributed by atoms with van der Waals surface area (Å²) in [6, 6.07) is -4.68. The lowest BCUT2D eigenvalue weighted by Crippen LogP contribution is -2.74. The van der Waals surface area contributed by atoms with E-state index in [-0.39, 0.29) is 12.6 Å². The summed E-state index contributed by atoms with van der Waals surface area (Å²) in [4.78, 5) is 12.4. The average Bonchev–Trinajstić information content (AvgIpc) is 2.91. The van der Waals surface area contributed by atoms with Crippen LogP contribution in [0.5, 0.6) is 0 Å². The van der Waals surface area contributed by atoms with Crippen LogP contribution in [0.2, 0.25) is 0 Å². The molecule has 7 unspecified atom stereocenters. The van der Waals surface area contributed by atoms with Crippen molar-refractivity contribution < 1.29 is 54.4 Å². The summed E-state index contributed by atoms with van der Waals surface area (Å²) >= 11 is 0. The molecule has 1 amide bonds. The largest absolute Gasteiger partial charge is 0.394 e. The number of ether oxygens (including phenoxy) is 4. The third kappa shape index (κ3) is 6.60. The second kappa shape index (κ2) is 13.5.